The predicted octanol–water partition coefficient (Wildman–Crippen LogP) is 3.89. The van der Waals surface area contributed by atoms with Crippen molar-refractivity contribution in [2.45, 2.75) is 46.1 Å². The monoisotopic (exact) mass is 236 g/mol. The normalized spacial score (nSPS) is 12.2. The minimum atomic E-state index is -0.360. The first-order valence-corrected chi connectivity index (χ1v) is 6.06. The van der Waals surface area contributed by atoms with E-state index in [1.54, 1.807) is 12.1 Å². The molecule has 1 rings (SSSR count). The maximum Gasteiger partial charge on any atom is 0.271 e. The lowest BCUT2D eigenvalue weighted by atomic mass is 10.1. The fraction of sp³-hybridized carbons (Fsp3) is 0.538. The van der Waals surface area contributed by atoms with Gasteiger partial charge in [0.1, 0.15) is 0 Å². The van der Waals surface area contributed by atoms with Gasteiger partial charge in [0.05, 0.1) is 4.92 Å². The second-order valence-corrected chi connectivity index (χ2v) is 4.44. The molecule has 4 nitrogen and oxygen atoms in total. The van der Waals surface area contributed by atoms with Gasteiger partial charge in [0.25, 0.3) is 5.69 Å². The molecular weight excluding hydrogens is 216 g/mol. The van der Waals surface area contributed by atoms with Crippen molar-refractivity contribution >= 4 is 11.4 Å². The number of nitrogens with zero attached hydrogens (tertiary/aromatic N) is 1. The minimum absolute atomic E-state index is 0.140. The molecule has 0 aliphatic heterocycles. The largest absolute Gasteiger partial charge is 0.382 e. The van der Waals surface area contributed by atoms with Crippen molar-refractivity contribution in [2.75, 3.05) is 5.32 Å². The summed E-state index contributed by atoms with van der Waals surface area (Å²) in [4.78, 5) is 10.3. The number of nitrogens with one attached hydrogen (secondary N) is 1. The Bertz CT molecular complexity index is 391. The Hall–Kier alpha value is -1.58. The molecule has 4 heteroatoms. The Balaban J connectivity index is 2.75. The molecule has 1 aromatic rings. The zero-order valence-corrected chi connectivity index (χ0v) is 10.7. The van der Waals surface area contributed by atoms with E-state index in [1.807, 2.05) is 6.92 Å². The smallest absolute Gasteiger partial charge is 0.271 e. The fourth-order valence-corrected chi connectivity index (χ4v) is 1.73. The van der Waals surface area contributed by atoms with Gasteiger partial charge in [-0.05, 0) is 25.8 Å². The van der Waals surface area contributed by atoms with Gasteiger partial charge in [-0.2, -0.15) is 0 Å². The van der Waals surface area contributed by atoms with Crippen LogP contribution in [-0.2, 0) is 0 Å². The van der Waals surface area contributed by atoms with Crippen LogP contribution in [0.4, 0.5) is 11.4 Å². The average molecular weight is 236 g/mol. The van der Waals surface area contributed by atoms with Crippen molar-refractivity contribution in [1.82, 2.24) is 0 Å². The Morgan fingerprint density at radius 3 is 2.76 bits per heavy atom. The van der Waals surface area contributed by atoms with Crippen LogP contribution in [0.2, 0.25) is 0 Å². The highest BCUT2D eigenvalue weighted by atomic mass is 16.6. The Morgan fingerprint density at radius 2 is 2.18 bits per heavy atom. The number of nitro groups is 1. The average Bonchev–Trinajstić information content (AvgIpc) is 2.29. The van der Waals surface area contributed by atoms with E-state index in [4.69, 9.17) is 0 Å². The van der Waals surface area contributed by atoms with Gasteiger partial charge >= 0.3 is 0 Å². The first-order chi connectivity index (χ1) is 8.04. The van der Waals surface area contributed by atoms with Crippen LogP contribution in [0.5, 0.6) is 0 Å². The van der Waals surface area contributed by atoms with Gasteiger partial charge in [-0.15, -0.1) is 0 Å². The van der Waals surface area contributed by atoms with Crippen LogP contribution in [0.25, 0.3) is 0 Å². The summed E-state index contributed by atoms with van der Waals surface area (Å²) in [6.07, 6.45) is 3.42. The van der Waals surface area contributed by atoms with Crippen LogP contribution in [0, 0.1) is 17.0 Å². The molecule has 0 aliphatic carbocycles. The molecule has 0 aliphatic rings. The number of benzene rings is 1. The standard InChI is InChI=1S/C13H20N2O2/c1-4-5-6-11(3)14-13-9-12(15(16)17)8-7-10(13)2/h7-9,11,14H,4-6H2,1-3H3. The highest BCUT2D eigenvalue weighted by Gasteiger charge is 2.10. The van der Waals surface area contributed by atoms with Crippen LogP contribution in [0.1, 0.15) is 38.7 Å². The van der Waals surface area contributed by atoms with Gasteiger partial charge in [-0.1, -0.05) is 25.8 Å². The summed E-state index contributed by atoms with van der Waals surface area (Å²) in [6, 6.07) is 5.28. The Morgan fingerprint density at radius 1 is 1.47 bits per heavy atom. The lowest BCUT2D eigenvalue weighted by Gasteiger charge is -2.16. The lowest BCUT2D eigenvalue weighted by molar-refractivity contribution is -0.384. The summed E-state index contributed by atoms with van der Waals surface area (Å²) >= 11 is 0. The molecule has 1 N–H and O–H groups in total. The highest BCUT2D eigenvalue weighted by Crippen LogP contribution is 2.23. The number of non-ortho nitro benzene ring substituents is 1. The number of hydrogen-bond donors (Lipinski definition) is 1. The quantitative estimate of drug-likeness (QED) is 0.602. The molecule has 1 atom stereocenters. The second kappa shape index (κ2) is 6.23. The fourth-order valence-electron chi connectivity index (χ4n) is 1.73. The molecule has 17 heavy (non-hydrogen) atoms. The van der Waals surface area contributed by atoms with Gasteiger partial charge in [0.2, 0.25) is 0 Å². The first-order valence-electron chi connectivity index (χ1n) is 6.06. The van der Waals surface area contributed by atoms with E-state index in [0.29, 0.717) is 6.04 Å². The van der Waals surface area contributed by atoms with E-state index in [1.165, 1.54) is 18.9 Å². The van der Waals surface area contributed by atoms with E-state index in [-0.39, 0.29) is 10.6 Å². The third-order valence-corrected chi connectivity index (χ3v) is 2.82. The summed E-state index contributed by atoms with van der Waals surface area (Å²) in [7, 11) is 0. The van der Waals surface area contributed by atoms with Crippen molar-refractivity contribution in [2.24, 2.45) is 0 Å². The van der Waals surface area contributed by atoms with Gasteiger partial charge in [0.15, 0.2) is 0 Å². The van der Waals surface area contributed by atoms with Gasteiger partial charge in [-0.25, -0.2) is 0 Å². The number of hydrogen-bond acceptors (Lipinski definition) is 3. The van der Waals surface area contributed by atoms with E-state index in [0.717, 1.165) is 17.7 Å². The summed E-state index contributed by atoms with van der Waals surface area (Å²) in [5.74, 6) is 0. The lowest BCUT2D eigenvalue weighted by Crippen LogP contribution is -2.15. The summed E-state index contributed by atoms with van der Waals surface area (Å²) in [5, 5.41) is 14.0. The van der Waals surface area contributed by atoms with E-state index in [9.17, 15) is 10.1 Å². The summed E-state index contributed by atoms with van der Waals surface area (Å²) < 4.78 is 0. The number of unbranched alkanes of at least 4 members (excludes halogenated alkanes) is 1. The minimum Gasteiger partial charge on any atom is -0.382 e. The predicted molar refractivity (Wildman–Crippen MR) is 70.4 cm³/mol. The van der Waals surface area contributed by atoms with Crippen molar-refractivity contribution < 1.29 is 4.92 Å². The van der Waals surface area contributed by atoms with Gasteiger partial charge in [0, 0.05) is 23.9 Å². The first kappa shape index (κ1) is 13.5. The van der Waals surface area contributed by atoms with Crippen molar-refractivity contribution in [3.05, 3.63) is 33.9 Å². The SMILES string of the molecule is CCCCC(C)Nc1cc([N+](=O)[O-])ccc1C. The molecular formula is C13H20N2O2. The highest BCUT2D eigenvalue weighted by molar-refractivity contribution is 5.57. The van der Waals surface area contributed by atoms with E-state index < -0.39 is 0 Å². The maximum absolute atomic E-state index is 10.7. The molecule has 1 unspecified atom stereocenters. The number of nitro benzene ring substituents is 1. The number of anilines is 1. The molecule has 0 radical (unpaired) electrons. The maximum atomic E-state index is 10.7. The molecule has 0 bridgehead atoms. The molecule has 0 saturated carbocycles. The molecule has 94 valence electrons. The third-order valence-electron chi connectivity index (χ3n) is 2.82. The van der Waals surface area contributed by atoms with Crippen molar-refractivity contribution in [3.8, 4) is 0 Å². The van der Waals surface area contributed by atoms with Gasteiger partial charge < -0.3 is 5.32 Å². The summed E-state index contributed by atoms with van der Waals surface area (Å²) in [6.45, 7) is 6.22. The third kappa shape index (κ3) is 4.06. The molecule has 0 saturated heterocycles. The van der Waals surface area contributed by atoms with Crippen molar-refractivity contribution in [3.63, 3.8) is 0 Å². The van der Waals surface area contributed by atoms with Crippen LogP contribution in [-0.4, -0.2) is 11.0 Å². The molecule has 1 aromatic carbocycles. The molecule has 0 heterocycles. The Kier molecular flexibility index (Phi) is 4.94. The molecule has 0 aromatic heterocycles. The van der Waals surface area contributed by atoms with Gasteiger partial charge in [-0.3, -0.25) is 10.1 Å². The van der Waals surface area contributed by atoms with E-state index >= 15 is 0 Å². The Labute approximate surface area is 102 Å². The van der Waals surface area contributed by atoms with Crippen molar-refractivity contribution in [1.29, 1.82) is 0 Å². The van der Waals surface area contributed by atoms with E-state index in [2.05, 4.69) is 19.2 Å². The zero-order valence-electron chi connectivity index (χ0n) is 10.7. The zero-order chi connectivity index (χ0) is 12.8. The topological polar surface area (TPSA) is 55.2 Å². The van der Waals surface area contributed by atoms with Crippen LogP contribution >= 0.6 is 0 Å². The van der Waals surface area contributed by atoms with Crippen LogP contribution in [0.15, 0.2) is 18.2 Å². The van der Waals surface area contributed by atoms with Crippen LogP contribution in [0.3, 0.4) is 0 Å². The summed E-state index contributed by atoms with van der Waals surface area (Å²) in [5.41, 5.74) is 2.04. The number of rotatable bonds is 6. The molecule has 0 fully saturated rings. The second-order valence-electron chi connectivity index (χ2n) is 4.44. The molecule has 0 amide bonds. The molecule has 0 spiro atoms. The number of aryl methyl sites for hydroxylation is 1. The van der Waals surface area contributed by atoms with Crippen LogP contribution < -0.4 is 5.32 Å².